The highest BCUT2D eigenvalue weighted by atomic mass is 32.2. The first kappa shape index (κ1) is 20.7. The van der Waals surface area contributed by atoms with E-state index >= 15 is 0 Å². The summed E-state index contributed by atoms with van der Waals surface area (Å²) in [4.78, 5) is 36.1. The molecule has 0 saturated carbocycles. The second kappa shape index (κ2) is 12.1. The molecule has 0 radical (unpaired) electrons. The van der Waals surface area contributed by atoms with Crippen LogP contribution in [0, 0.1) is 0 Å². The molecule has 1 aliphatic rings. The zero-order valence-electron chi connectivity index (χ0n) is 14.5. The van der Waals surface area contributed by atoms with E-state index in [1.807, 2.05) is 11.0 Å². The molecule has 0 aliphatic carbocycles. The molecule has 5 nitrogen and oxygen atoms in total. The molecule has 24 heavy (non-hydrogen) atoms. The Morgan fingerprint density at radius 3 is 2.75 bits per heavy atom. The van der Waals surface area contributed by atoms with E-state index in [2.05, 4.69) is 6.92 Å². The van der Waals surface area contributed by atoms with E-state index in [9.17, 15) is 14.4 Å². The molecule has 0 aromatic carbocycles. The van der Waals surface area contributed by atoms with Crippen LogP contribution >= 0.6 is 11.8 Å². The molecule has 0 spiro atoms. The van der Waals surface area contributed by atoms with Crippen molar-refractivity contribution in [2.75, 3.05) is 18.1 Å². The molecule has 0 unspecified atom stereocenters. The summed E-state index contributed by atoms with van der Waals surface area (Å²) in [7, 11) is 0. The van der Waals surface area contributed by atoms with Crippen LogP contribution < -0.4 is 0 Å². The van der Waals surface area contributed by atoms with Crippen LogP contribution in [0.25, 0.3) is 0 Å². The summed E-state index contributed by atoms with van der Waals surface area (Å²) in [6, 6.07) is 0.0345. The third-order valence-electron chi connectivity index (χ3n) is 4.06. The van der Waals surface area contributed by atoms with Gasteiger partial charge in [-0.25, -0.2) is 0 Å². The lowest BCUT2D eigenvalue weighted by molar-refractivity contribution is -0.137. The molecule has 1 N–H and O–H groups in total. The number of carboxylic acids is 1. The van der Waals surface area contributed by atoms with Gasteiger partial charge in [0.05, 0.1) is 6.04 Å². The highest BCUT2D eigenvalue weighted by molar-refractivity contribution is 7.99. The van der Waals surface area contributed by atoms with Gasteiger partial charge in [-0.3, -0.25) is 14.4 Å². The number of carbonyl (C=O) groups excluding carboxylic acids is 2. The minimum Gasteiger partial charge on any atom is -0.481 e. The zero-order chi connectivity index (χ0) is 17.8. The molecule has 0 aromatic rings. The van der Waals surface area contributed by atoms with Gasteiger partial charge in [0.25, 0.3) is 0 Å². The maximum atomic E-state index is 12.0. The van der Waals surface area contributed by atoms with E-state index in [1.165, 1.54) is 0 Å². The summed E-state index contributed by atoms with van der Waals surface area (Å²) >= 11 is 1.68. The van der Waals surface area contributed by atoms with E-state index in [4.69, 9.17) is 5.11 Å². The van der Waals surface area contributed by atoms with Crippen LogP contribution in [-0.2, 0) is 14.4 Å². The predicted molar refractivity (Wildman–Crippen MR) is 97.2 cm³/mol. The van der Waals surface area contributed by atoms with Crippen LogP contribution in [0.3, 0.4) is 0 Å². The van der Waals surface area contributed by atoms with Gasteiger partial charge in [0.15, 0.2) is 5.78 Å². The summed E-state index contributed by atoms with van der Waals surface area (Å²) in [5.74, 6) is 1.13. The van der Waals surface area contributed by atoms with Gasteiger partial charge in [0, 0.05) is 31.6 Å². The van der Waals surface area contributed by atoms with Crippen molar-refractivity contribution >= 4 is 29.4 Å². The monoisotopic (exact) mass is 355 g/mol. The zero-order valence-corrected chi connectivity index (χ0v) is 15.4. The predicted octanol–water partition coefficient (Wildman–Crippen LogP) is 3.28. The summed E-state index contributed by atoms with van der Waals surface area (Å²) < 4.78 is 0. The number of thioether (sulfide) groups is 1. The molecule has 1 rings (SSSR count). The maximum absolute atomic E-state index is 12.0. The summed E-state index contributed by atoms with van der Waals surface area (Å²) in [5.41, 5.74) is 0. The van der Waals surface area contributed by atoms with E-state index in [-0.39, 0.29) is 24.2 Å². The maximum Gasteiger partial charge on any atom is 0.303 e. The quantitative estimate of drug-likeness (QED) is 0.405. The highest BCUT2D eigenvalue weighted by Crippen LogP contribution is 2.20. The fourth-order valence-electron chi connectivity index (χ4n) is 2.69. The second-order valence-corrected chi connectivity index (χ2v) is 7.31. The van der Waals surface area contributed by atoms with Crippen molar-refractivity contribution in [3.8, 4) is 0 Å². The number of unbranched alkanes of at least 4 members (excludes halogenated alkanes) is 2. The Morgan fingerprint density at radius 1 is 1.25 bits per heavy atom. The molecular weight excluding hydrogens is 326 g/mol. The van der Waals surface area contributed by atoms with Gasteiger partial charge in [-0.1, -0.05) is 25.8 Å². The van der Waals surface area contributed by atoms with Crippen LogP contribution in [-0.4, -0.2) is 51.8 Å². The second-order valence-electron chi connectivity index (χ2n) is 6.09. The Hall–Kier alpha value is -1.30. The Balaban J connectivity index is 2.29. The van der Waals surface area contributed by atoms with Crippen molar-refractivity contribution in [3.63, 3.8) is 0 Å². The number of hydrogen-bond acceptors (Lipinski definition) is 4. The number of aliphatic carboxylic acids is 1. The molecule has 1 heterocycles. The standard InChI is InChI=1S/C18H29NO4S/c1-2-3-4-6-16(20)10-8-15-9-11-17(21)19(15)12-14-24-13-5-7-18(22)23/h8,10,15H,2-7,9,11-14H2,1H3,(H,22,23)/t15-/m0/s1. The lowest BCUT2D eigenvalue weighted by Gasteiger charge is -2.22. The number of likely N-dealkylation sites (tertiary alicyclic amines) is 1. The van der Waals surface area contributed by atoms with Gasteiger partial charge in [-0.05, 0) is 31.1 Å². The van der Waals surface area contributed by atoms with E-state index in [0.717, 1.165) is 37.2 Å². The number of rotatable bonds is 13. The van der Waals surface area contributed by atoms with E-state index < -0.39 is 5.97 Å². The van der Waals surface area contributed by atoms with Crippen molar-refractivity contribution in [1.29, 1.82) is 0 Å². The van der Waals surface area contributed by atoms with Crippen LogP contribution in [0.5, 0.6) is 0 Å². The number of carbonyl (C=O) groups is 3. The van der Waals surface area contributed by atoms with Gasteiger partial charge in [-0.15, -0.1) is 0 Å². The number of amides is 1. The van der Waals surface area contributed by atoms with Crippen molar-refractivity contribution in [2.24, 2.45) is 0 Å². The van der Waals surface area contributed by atoms with Gasteiger partial charge in [-0.2, -0.15) is 11.8 Å². The number of carboxylic acid groups (broad SMARTS) is 1. The first-order chi connectivity index (χ1) is 11.5. The summed E-state index contributed by atoms with van der Waals surface area (Å²) in [6.45, 7) is 2.78. The third kappa shape index (κ3) is 8.52. The minimum absolute atomic E-state index is 0.0345. The van der Waals surface area contributed by atoms with Gasteiger partial charge in [0.2, 0.25) is 5.91 Å². The molecule has 1 fully saturated rings. The summed E-state index contributed by atoms with van der Waals surface area (Å²) in [5, 5.41) is 8.59. The average Bonchev–Trinajstić information content (AvgIpc) is 2.89. The molecule has 0 bridgehead atoms. The SMILES string of the molecule is CCCCCC(=O)C=C[C@H]1CCC(=O)N1CCSCCCC(=O)O. The third-order valence-corrected chi connectivity index (χ3v) is 5.11. The number of nitrogens with zero attached hydrogens (tertiary/aromatic N) is 1. The lowest BCUT2D eigenvalue weighted by Crippen LogP contribution is -2.33. The Kier molecular flexibility index (Phi) is 10.5. The molecule has 1 amide bonds. The summed E-state index contributed by atoms with van der Waals surface area (Å²) in [6.07, 6.45) is 9.40. The van der Waals surface area contributed by atoms with Crippen LogP contribution in [0.4, 0.5) is 0 Å². The Labute approximate surface area is 148 Å². The molecule has 136 valence electrons. The largest absolute Gasteiger partial charge is 0.481 e. The van der Waals surface area contributed by atoms with Crippen LogP contribution in [0.1, 0.15) is 58.3 Å². The van der Waals surface area contributed by atoms with Crippen LogP contribution in [0.15, 0.2) is 12.2 Å². The van der Waals surface area contributed by atoms with Gasteiger partial charge < -0.3 is 10.0 Å². The fraction of sp³-hybridized carbons (Fsp3) is 0.722. The van der Waals surface area contributed by atoms with E-state index in [1.54, 1.807) is 17.8 Å². The number of allylic oxidation sites excluding steroid dienone is 1. The fourth-order valence-corrected chi connectivity index (χ4v) is 3.57. The van der Waals surface area contributed by atoms with Crippen molar-refractivity contribution in [3.05, 3.63) is 12.2 Å². The first-order valence-electron chi connectivity index (χ1n) is 8.84. The molecular formula is C18H29NO4S. The molecule has 0 aromatic heterocycles. The molecule has 1 atom stereocenters. The first-order valence-corrected chi connectivity index (χ1v) is 10.00. The van der Waals surface area contributed by atoms with Crippen molar-refractivity contribution < 1.29 is 19.5 Å². The number of hydrogen-bond donors (Lipinski definition) is 1. The van der Waals surface area contributed by atoms with Crippen molar-refractivity contribution in [1.82, 2.24) is 4.90 Å². The van der Waals surface area contributed by atoms with Gasteiger partial charge >= 0.3 is 5.97 Å². The number of ketones is 1. The minimum atomic E-state index is -0.765. The Bertz CT molecular complexity index is 450. The normalized spacial score (nSPS) is 17.8. The molecule has 1 saturated heterocycles. The van der Waals surface area contributed by atoms with Crippen molar-refractivity contribution in [2.45, 2.75) is 64.3 Å². The van der Waals surface area contributed by atoms with Gasteiger partial charge in [0.1, 0.15) is 0 Å². The average molecular weight is 356 g/mol. The topological polar surface area (TPSA) is 74.7 Å². The van der Waals surface area contributed by atoms with Crippen LogP contribution in [0.2, 0.25) is 0 Å². The molecule has 6 heteroatoms. The Morgan fingerprint density at radius 2 is 2.04 bits per heavy atom. The van der Waals surface area contributed by atoms with E-state index in [0.29, 0.717) is 25.8 Å². The highest BCUT2D eigenvalue weighted by Gasteiger charge is 2.28. The molecule has 1 aliphatic heterocycles. The smallest absolute Gasteiger partial charge is 0.303 e. The lowest BCUT2D eigenvalue weighted by atomic mass is 10.1.